The molecule has 78 valence electrons. The van der Waals surface area contributed by atoms with Crippen molar-refractivity contribution in [2.24, 2.45) is 5.92 Å². The lowest BCUT2D eigenvalue weighted by Gasteiger charge is -2.09. The highest BCUT2D eigenvalue weighted by atomic mass is 16.5. The van der Waals surface area contributed by atoms with Crippen molar-refractivity contribution in [3.63, 3.8) is 0 Å². The molecule has 1 aliphatic carbocycles. The van der Waals surface area contributed by atoms with Crippen molar-refractivity contribution in [3.8, 4) is 0 Å². The molecular weight excluding hydrogens is 176 g/mol. The van der Waals surface area contributed by atoms with Gasteiger partial charge in [0.15, 0.2) is 0 Å². The second kappa shape index (κ2) is 6.41. The minimum atomic E-state index is -0.0822. The molecule has 0 bridgehead atoms. The Balaban J connectivity index is 2.35. The third-order valence-electron chi connectivity index (χ3n) is 2.36. The first-order valence-corrected chi connectivity index (χ1v) is 5.35. The predicted octanol–water partition coefficient (Wildman–Crippen LogP) is 3.20. The van der Waals surface area contributed by atoms with Crippen LogP contribution in [0.5, 0.6) is 0 Å². The Morgan fingerprint density at radius 1 is 1.57 bits per heavy atom. The normalized spacial score (nSPS) is 22.2. The number of carbonyl (C=O) groups is 1. The maximum atomic E-state index is 11.5. The van der Waals surface area contributed by atoms with Crippen molar-refractivity contribution in [2.75, 3.05) is 0 Å². The molecule has 0 aromatic rings. The molecule has 0 spiro atoms. The Morgan fingerprint density at radius 2 is 2.43 bits per heavy atom. The van der Waals surface area contributed by atoms with Crippen molar-refractivity contribution in [2.45, 2.75) is 39.0 Å². The van der Waals surface area contributed by atoms with E-state index in [-0.39, 0.29) is 11.9 Å². The highest BCUT2D eigenvalue weighted by molar-refractivity contribution is 5.73. The van der Waals surface area contributed by atoms with Crippen molar-refractivity contribution in [1.82, 2.24) is 0 Å². The summed E-state index contributed by atoms with van der Waals surface area (Å²) in [6.07, 6.45) is 12.5. The number of esters is 1. The van der Waals surface area contributed by atoms with Gasteiger partial charge in [0, 0.05) is 0 Å². The van der Waals surface area contributed by atoms with E-state index in [2.05, 4.69) is 12.2 Å². The zero-order chi connectivity index (χ0) is 10.2. The molecule has 0 N–H and O–H groups in total. The molecule has 1 unspecified atom stereocenters. The summed E-state index contributed by atoms with van der Waals surface area (Å²) in [5, 5.41) is 0. The lowest BCUT2D eigenvalue weighted by molar-refractivity contribution is -0.142. The number of hydrogen-bond acceptors (Lipinski definition) is 2. The molecule has 1 atom stereocenters. The van der Waals surface area contributed by atoms with Crippen LogP contribution in [0.15, 0.2) is 24.5 Å². The van der Waals surface area contributed by atoms with E-state index in [1.54, 1.807) is 0 Å². The van der Waals surface area contributed by atoms with Crippen LogP contribution in [0, 0.1) is 5.92 Å². The molecule has 1 aliphatic rings. The molecule has 1 rings (SSSR count). The molecule has 14 heavy (non-hydrogen) atoms. The van der Waals surface area contributed by atoms with Crippen LogP contribution < -0.4 is 0 Å². The van der Waals surface area contributed by atoms with Gasteiger partial charge in [-0.25, -0.2) is 0 Å². The molecule has 0 amide bonds. The molecule has 2 nitrogen and oxygen atoms in total. The average molecular weight is 194 g/mol. The van der Waals surface area contributed by atoms with Gasteiger partial charge in [-0.1, -0.05) is 19.1 Å². The van der Waals surface area contributed by atoms with Crippen molar-refractivity contribution in [1.29, 1.82) is 0 Å². The fraction of sp³-hybridized carbons (Fsp3) is 0.583. The second-order valence-corrected chi connectivity index (χ2v) is 3.55. The maximum absolute atomic E-state index is 11.5. The first-order chi connectivity index (χ1) is 6.84. The highest BCUT2D eigenvalue weighted by Gasteiger charge is 2.18. The van der Waals surface area contributed by atoms with Crippen LogP contribution in [0.3, 0.4) is 0 Å². The third kappa shape index (κ3) is 3.77. The number of ether oxygens (including phenoxy) is 1. The Kier molecular flexibility index (Phi) is 5.05. The molecule has 0 fully saturated rings. The topological polar surface area (TPSA) is 26.3 Å². The van der Waals surface area contributed by atoms with Gasteiger partial charge in [-0.05, 0) is 38.2 Å². The fourth-order valence-electron chi connectivity index (χ4n) is 1.50. The van der Waals surface area contributed by atoms with E-state index < -0.39 is 0 Å². The Labute approximate surface area is 85.6 Å². The van der Waals surface area contributed by atoms with Crippen LogP contribution in [0.1, 0.15) is 39.0 Å². The molecule has 0 saturated carbocycles. The van der Waals surface area contributed by atoms with E-state index in [9.17, 15) is 4.79 Å². The second-order valence-electron chi connectivity index (χ2n) is 3.55. The first kappa shape index (κ1) is 11.0. The summed E-state index contributed by atoms with van der Waals surface area (Å²) < 4.78 is 5.02. The van der Waals surface area contributed by atoms with Crippen LogP contribution >= 0.6 is 0 Å². The minimum absolute atomic E-state index is 0.0651. The summed E-state index contributed by atoms with van der Waals surface area (Å²) >= 11 is 0. The van der Waals surface area contributed by atoms with E-state index >= 15 is 0 Å². The minimum Gasteiger partial charge on any atom is -0.435 e. The Hall–Kier alpha value is -1.05. The average Bonchev–Trinajstić information content (AvgIpc) is 2.46. The highest BCUT2D eigenvalue weighted by Crippen LogP contribution is 2.19. The van der Waals surface area contributed by atoms with E-state index in [1.165, 1.54) is 6.26 Å². The smallest absolute Gasteiger partial charge is 0.314 e. The third-order valence-corrected chi connectivity index (χ3v) is 2.36. The van der Waals surface area contributed by atoms with Crippen LogP contribution in [-0.2, 0) is 9.53 Å². The zero-order valence-corrected chi connectivity index (χ0v) is 8.74. The SMILES string of the molecule is CCC=COC(=O)C1CC=CCCC1. The van der Waals surface area contributed by atoms with E-state index in [0.29, 0.717) is 0 Å². The summed E-state index contributed by atoms with van der Waals surface area (Å²) in [6, 6.07) is 0. The standard InChI is InChI=1S/C12H18O2/c1-2-3-10-14-12(13)11-8-6-4-5-7-9-11/h3-4,6,10-11H,2,5,7-9H2,1H3. The number of rotatable bonds is 3. The van der Waals surface area contributed by atoms with Crippen molar-refractivity contribution >= 4 is 5.97 Å². The molecule has 0 saturated heterocycles. The van der Waals surface area contributed by atoms with Gasteiger partial charge in [0.2, 0.25) is 0 Å². The molecule has 2 heteroatoms. The number of allylic oxidation sites excluding steroid dienone is 3. The maximum Gasteiger partial charge on any atom is 0.314 e. The first-order valence-electron chi connectivity index (χ1n) is 5.35. The van der Waals surface area contributed by atoms with Gasteiger partial charge in [-0.2, -0.15) is 0 Å². The largest absolute Gasteiger partial charge is 0.435 e. The lowest BCUT2D eigenvalue weighted by atomic mass is 10.0. The van der Waals surface area contributed by atoms with E-state index in [4.69, 9.17) is 4.74 Å². The summed E-state index contributed by atoms with van der Waals surface area (Å²) in [5.74, 6) is -0.0171. The predicted molar refractivity (Wildman–Crippen MR) is 56.6 cm³/mol. The van der Waals surface area contributed by atoms with Gasteiger partial charge in [-0.15, -0.1) is 0 Å². The van der Waals surface area contributed by atoms with Crippen molar-refractivity contribution in [3.05, 3.63) is 24.5 Å². The van der Waals surface area contributed by atoms with Gasteiger partial charge in [0.05, 0.1) is 12.2 Å². The van der Waals surface area contributed by atoms with Gasteiger partial charge in [0.1, 0.15) is 0 Å². The fourth-order valence-corrected chi connectivity index (χ4v) is 1.50. The van der Waals surface area contributed by atoms with Crippen LogP contribution in [-0.4, -0.2) is 5.97 Å². The summed E-state index contributed by atoms with van der Waals surface area (Å²) in [6.45, 7) is 2.01. The van der Waals surface area contributed by atoms with Gasteiger partial charge in [0.25, 0.3) is 0 Å². The quantitative estimate of drug-likeness (QED) is 0.392. The molecule has 0 radical (unpaired) electrons. The number of hydrogen-bond donors (Lipinski definition) is 0. The summed E-state index contributed by atoms with van der Waals surface area (Å²) in [4.78, 5) is 11.5. The van der Waals surface area contributed by atoms with Crippen LogP contribution in [0.4, 0.5) is 0 Å². The van der Waals surface area contributed by atoms with Gasteiger partial charge < -0.3 is 4.74 Å². The molecule has 0 heterocycles. The molecular formula is C12H18O2. The Morgan fingerprint density at radius 3 is 3.21 bits per heavy atom. The van der Waals surface area contributed by atoms with Crippen LogP contribution in [0.25, 0.3) is 0 Å². The zero-order valence-electron chi connectivity index (χ0n) is 8.74. The van der Waals surface area contributed by atoms with E-state index in [1.807, 2.05) is 13.0 Å². The van der Waals surface area contributed by atoms with E-state index in [0.717, 1.165) is 32.1 Å². The van der Waals surface area contributed by atoms with Crippen molar-refractivity contribution < 1.29 is 9.53 Å². The monoisotopic (exact) mass is 194 g/mol. The van der Waals surface area contributed by atoms with Gasteiger partial charge >= 0.3 is 5.97 Å². The summed E-state index contributed by atoms with van der Waals surface area (Å²) in [7, 11) is 0. The lowest BCUT2D eigenvalue weighted by Crippen LogP contribution is -2.14. The number of carbonyl (C=O) groups excluding carboxylic acids is 1. The molecule has 0 aliphatic heterocycles. The van der Waals surface area contributed by atoms with Gasteiger partial charge in [-0.3, -0.25) is 4.79 Å². The summed E-state index contributed by atoms with van der Waals surface area (Å²) in [5.41, 5.74) is 0. The molecule has 0 aromatic heterocycles. The Bertz CT molecular complexity index is 228. The molecule has 0 aromatic carbocycles. The van der Waals surface area contributed by atoms with Crippen LogP contribution in [0.2, 0.25) is 0 Å².